The van der Waals surface area contributed by atoms with Gasteiger partial charge in [-0.15, -0.1) is 0 Å². The number of fused-ring (bicyclic) bond motifs is 1. The molecule has 0 radical (unpaired) electrons. The van der Waals surface area contributed by atoms with Crippen LogP contribution < -0.4 is 0 Å². The summed E-state index contributed by atoms with van der Waals surface area (Å²) in [6.07, 6.45) is 9.72. The molecule has 0 saturated heterocycles. The number of nitrogens with zero attached hydrogens (tertiary/aromatic N) is 1. The Kier molecular flexibility index (Phi) is 2.45. The first-order valence-electron chi connectivity index (χ1n) is 7.93. The van der Waals surface area contributed by atoms with Gasteiger partial charge in [0.25, 0.3) is 0 Å². The van der Waals surface area contributed by atoms with Crippen LogP contribution in [0.3, 0.4) is 0 Å². The fourth-order valence-corrected chi connectivity index (χ4v) is 4.15. The summed E-state index contributed by atoms with van der Waals surface area (Å²) >= 11 is 0. The minimum Gasteiger partial charge on any atom is -0.388 e. The van der Waals surface area contributed by atoms with Crippen molar-refractivity contribution in [1.82, 2.24) is 4.57 Å². The van der Waals surface area contributed by atoms with Crippen molar-refractivity contribution >= 4 is 0 Å². The largest absolute Gasteiger partial charge is 0.388 e. The van der Waals surface area contributed by atoms with Crippen LogP contribution in [0.15, 0.2) is 12.3 Å². The lowest BCUT2D eigenvalue weighted by atomic mass is 9.75. The summed E-state index contributed by atoms with van der Waals surface area (Å²) in [6, 6.07) is 2.93. The van der Waals surface area contributed by atoms with Crippen molar-refractivity contribution in [2.75, 3.05) is 0 Å². The molecule has 4 rings (SSSR count). The van der Waals surface area contributed by atoms with Gasteiger partial charge in [-0.2, -0.15) is 0 Å². The minimum absolute atomic E-state index is 0.236. The first-order valence-corrected chi connectivity index (χ1v) is 7.93. The van der Waals surface area contributed by atoms with Crippen molar-refractivity contribution in [2.45, 2.75) is 64.5 Å². The second kappa shape index (κ2) is 3.88. The van der Waals surface area contributed by atoms with Crippen LogP contribution in [0.25, 0.3) is 0 Å². The molecule has 0 aromatic carbocycles. The summed E-state index contributed by atoms with van der Waals surface area (Å²) in [5.41, 5.74) is 2.89. The van der Waals surface area contributed by atoms with Gasteiger partial charge in [0.2, 0.25) is 0 Å². The molecule has 0 spiro atoms. The average molecular weight is 259 g/mol. The third-order valence-electron chi connectivity index (χ3n) is 5.34. The molecule has 1 N–H and O–H groups in total. The highest BCUT2D eigenvalue weighted by Crippen LogP contribution is 2.54. The van der Waals surface area contributed by atoms with E-state index >= 15 is 0 Å². The molecule has 1 atom stereocenters. The van der Waals surface area contributed by atoms with E-state index in [-0.39, 0.29) is 11.5 Å². The first kappa shape index (κ1) is 12.0. The maximum atomic E-state index is 10.4. The predicted molar refractivity (Wildman–Crippen MR) is 76.0 cm³/mol. The van der Waals surface area contributed by atoms with Gasteiger partial charge in [-0.1, -0.05) is 13.8 Å². The lowest BCUT2D eigenvalue weighted by Crippen LogP contribution is -2.28. The quantitative estimate of drug-likeness (QED) is 0.876. The standard InChI is InChI=1S/C17H25NO/c1-17(2)9-14-13(15(19)10-17)7-8-18(14)16(11-3-4-11)12-5-6-12/h7-8,11-12,15-16,19H,3-6,9-10H2,1-2H3. The lowest BCUT2D eigenvalue weighted by Gasteiger charge is -2.35. The zero-order valence-electron chi connectivity index (χ0n) is 12.1. The molecular formula is C17H25NO. The third kappa shape index (κ3) is 2.05. The number of rotatable bonds is 3. The topological polar surface area (TPSA) is 25.2 Å². The van der Waals surface area contributed by atoms with Crippen molar-refractivity contribution in [1.29, 1.82) is 0 Å². The molecule has 2 heteroatoms. The molecule has 0 bridgehead atoms. The Morgan fingerprint density at radius 3 is 2.42 bits per heavy atom. The van der Waals surface area contributed by atoms with Gasteiger partial charge in [0.1, 0.15) is 0 Å². The van der Waals surface area contributed by atoms with Crippen molar-refractivity contribution in [3.63, 3.8) is 0 Å². The highest BCUT2D eigenvalue weighted by Gasteiger charge is 2.44. The first-order chi connectivity index (χ1) is 9.05. The predicted octanol–water partition coefficient (Wildman–Crippen LogP) is 3.86. The summed E-state index contributed by atoms with van der Waals surface area (Å²) in [5.74, 6) is 1.84. The van der Waals surface area contributed by atoms with E-state index in [9.17, 15) is 5.11 Å². The number of aliphatic hydroxyl groups excluding tert-OH is 1. The zero-order valence-corrected chi connectivity index (χ0v) is 12.1. The van der Waals surface area contributed by atoms with E-state index in [4.69, 9.17) is 0 Å². The number of aromatic nitrogens is 1. The van der Waals surface area contributed by atoms with Crippen molar-refractivity contribution in [3.05, 3.63) is 23.5 Å². The van der Waals surface area contributed by atoms with Crippen molar-refractivity contribution in [3.8, 4) is 0 Å². The molecule has 3 aliphatic carbocycles. The smallest absolute Gasteiger partial charge is 0.0812 e. The molecule has 1 heterocycles. The Hall–Kier alpha value is -0.760. The summed E-state index contributed by atoms with van der Waals surface area (Å²) in [5, 5.41) is 10.4. The Morgan fingerprint density at radius 2 is 1.84 bits per heavy atom. The van der Waals surface area contributed by atoms with Crippen LogP contribution in [-0.4, -0.2) is 9.67 Å². The monoisotopic (exact) mass is 259 g/mol. The van der Waals surface area contributed by atoms with Gasteiger partial charge in [-0.25, -0.2) is 0 Å². The second-order valence-corrected chi connectivity index (χ2v) is 7.85. The highest BCUT2D eigenvalue weighted by molar-refractivity contribution is 5.30. The van der Waals surface area contributed by atoms with Crippen LogP contribution in [0.1, 0.15) is 69.4 Å². The van der Waals surface area contributed by atoms with E-state index in [2.05, 4.69) is 30.7 Å². The molecule has 104 valence electrons. The van der Waals surface area contributed by atoms with E-state index in [1.54, 1.807) is 0 Å². The van der Waals surface area contributed by atoms with E-state index < -0.39 is 0 Å². The molecule has 19 heavy (non-hydrogen) atoms. The Balaban J connectivity index is 1.73. The molecule has 2 saturated carbocycles. The summed E-state index contributed by atoms with van der Waals surface area (Å²) in [4.78, 5) is 0. The van der Waals surface area contributed by atoms with Crippen molar-refractivity contribution in [2.24, 2.45) is 17.3 Å². The molecule has 0 aliphatic heterocycles. The fourth-order valence-electron chi connectivity index (χ4n) is 4.15. The fraction of sp³-hybridized carbons (Fsp3) is 0.765. The van der Waals surface area contributed by atoms with Gasteiger partial charge >= 0.3 is 0 Å². The van der Waals surface area contributed by atoms with Crippen LogP contribution in [0, 0.1) is 17.3 Å². The second-order valence-electron chi connectivity index (χ2n) is 7.85. The van der Waals surface area contributed by atoms with E-state index in [1.165, 1.54) is 36.9 Å². The highest BCUT2D eigenvalue weighted by atomic mass is 16.3. The summed E-state index contributed by atoms with van der Waals surface area (Å²) in [6.45, 7) is 4.58. The zero-order chi connectivity index (χ0) is 13.2. The molecule has 1 aromatic heterocycles. The molecule has 2 nitrogen and oxygen atoms in total. The Labute approximate surface area is 115 Å². The average Bonchev–Trinajstić information content (AvgIpc) is 3.19. The van der Waals surface area contributed by atoms with Gasteiger partial charge in [0.15, 0.2) is 0 Å². The van der Waals surface area contributed by atoms with Gasteiger partial charge in [0.05, 0.1) is 6.10 Å². The summed E-state index contributed by atoms with van der Waals surface area (Å²) < 4.78 is 2.56. The molecule has 1 aromatic rings. The van der Waals surface area contributed by atoms with Gasteiger partial charge in [0, 0.05) is 23.5 Å². The van der Waals surface area contributed by atoms with E-state index in [1.807, 2.05) is 0 Å². The molecule has 1 unspecified atom stereocenters. The number of aliphatic hydroxyl groups is 1. The third-order valence-corrected chi connectivity index (χ3v) is 5.34. The number of hydrogen-bond donors (Lipinski definition) is 1. The van der Waals surface area contributed by atoms with Crippen molar-refractivity contribution < 1.29 is 5.11 Å². The molecule has 0 amide bonds. The van der Waals surface area contributed by atoms with Crippen LogP contribution in [0.2, 0.25) is 0 Å². The normalized spacial score (nSPS) is 29.6. The molecular weight excluding hydrogens is 234 g/mol. The van der Waals surface area contributed by atoms with Crippen LogP contribution in [-0.2, 0) is 6.42 Å². The minimum atomic E-state index is -0.251. The Morgan fingerprint density at radius 1 is 1.21 bits per heavy atom. The maximum absolute atomic E-state index is 10.4. The lowest BCUT2D eigenvalue weighted by molar-refractivity contribution is 0.0969. The van der Waals surface area contributed by atoms with E-state index in [0.717, 1.165) is 30.7 Å². The van der Waals surface area contributed by atoms with Gasteiger partial charge < -0.3 is 9.67 Å². The van der Waals surface area contributed by atoms with Crippen LogP contribution in [0.4, 0.5) is 0 Å². The maximum Gasteiger partial charge on any atom is 0.0812 e. The van der Waals surface area contributed by atoms with Crippen LogP contribution in [0.5, 0.6) is 0 Å². The van der Waals surface area contributed by atoms with Gasteiger partial charge in [-0.05, 0) is 61.8 Å². The summed E-state index contributed by atoms with van der Waals surface area (Å²) in [7, 11) is 0. The van der Waals surface area contributed by atoms with Gasteiger partial charge in [-0.3, -0.25) is 0 Å². The number of hydrogen-bond acceptors (Lipinski definition) is 1. The molecule has 3 aliphatic rings. The van der Waals surface area contributed by atoms with Crippen LogP contribution >= 0.6 is 0 Å². The SMILES string of the molecule is CC1(C)Cc2c(ccn2C(C2CC2)C2CC2)C(O)C1. The molecule has 2 fully saturated rings. The Bertz CT molecular complexity index is 481. The van der Waals surface area contributed by atoms with E-state index in [0.29, 0.717) is 0 Å².